The van der Waals surface area contributed by atoms with Crippen LogP contribution in [-0.2, 0) is 0 Å². The van der Waals surface area contributed by atoms with Crippen molar-refractivity contribution in [3.05, 3.63) is 68.8 Å². The van der Waals surface area contributed by atoms with E-state index in [9.17, 15) is 10.0 Å². The summed E-state index contributed by atoms with van der Waals surface area (Å²) in [6, 6.07) is 12.5. The van der Waals surface area contributed by atoms with Crippen LogP contribution in [0, 0.1) is 12.1 Å². The Morgan fingerprint density at radius 2 is 1.79 bits per heavy atom. The Morgan fingerprint density at radius 3 is 2.42 bits per heavy atom. The molecule has 94 valence electrons. The molecule has 0 bridgehead atoms. The van der Waals surface area contributed by atoms with Crippen LogP contribution in [0.5, 0.6) is 0 Å². The van der Waals surface area contributed by atoms with Gasteiger partial charge in [-0.25, -0.2) is 0 Å². The highest BCUT2D eigenvalue weighted by atomic mass is 79.9. The van der Waals surface area contributed by atoms with Gasteiger partial charge in [-0.1, -0.05) is 28.1 Å². The first kappa shape index (κ1) is 12.1. The summed E-state index contributed by atoms with van der Waals surface area (Å²) in [5.41, 5.74) is 2.60. The Balaban J connectivity index is 2.20. The monoisotopic (exact) mass is 315 g/mol. The van der Waals surface area contributed by atoms with E-state index in [2.05, 4.69) is 15.9 Å². The molecule has 2 aromatic carbocycles. The number of nitrogens with zero attached hydrogens (tertiary/aromatic N) is 1. The molecule has 2 aromatic rings. The maximum absolute atomic E-state index is 12.4. The molecule has 0 atom stereocenters. The standard InChI is InChI=1S/C15H10BrNO2/c1-9-3-2-4-12-13(9)15(18)14(17(12)19)10-5-7-11(16)8-6-10/h2-8H,1H3. The summed E-state index contributed by atoms with van der Waals surface area (Å²) >= 11 is 3.34. The van der Waals surface area contributed by atoms with Crippen molar-refractivity contribution >= 4 is 33.1 Å². The Bertz CT molecular complexity index is 717. The normalized spacial score (nSPS) is 13.9. The predicted octanol–water partition coefficient (Wildman–Crippen LogP) is 3.58. The first-order chi connectivity index (χ1) is 9.09. The zero-order valence-corrected chi connectivity index (χ0v) is 11.8. The molecule has 0 saturated carbocycles. The van der Waals surface area contributed by atoms with Crippen LogP contribution in [0.15, 0.2) is 46.9 Å². The third kappa shape index (κ3) is 1.79. The van der Waals surface area contributed by atoms with Crippen LogP contribution in [0.3, 0.4) is 0 Å². The number of benzene rings is 2. The van der Waals surface area contributed by atoms with E-state index in [4.69, 9.17) is 0 Å². The lowest BCUT2D eigenvalue weighted by atomic mass is 9.99. The summed E-state index contributed by atoms with van der Waals surface area (Å²) in [6.45, 7) is 1.84. The molecule has 0 unspecified atom stereocenters. The number of halogens is 1. The van der Waals surface area contributed by atoms with E-state index in [1.165, 1.54) is 0 Å². The number of Topliss-reactive ketones (excluding diaryl/α,β-unsaturated/α-hetero) is 1. The molecule has 0 radical (unpaired) electrons. The third-order valence-corrected chi connectivity index (χ3v) is 3.76. The summed E-state index contributed by atoms with van der Waals surface area (Å²) in [4.78, 5) is 12.4. The van der Waals surface area contributed by atoms with Gasteiger partial charge in [0.25, 0.3) is 11.5 Å². The molecular weight excluding hydrogens is 306 g/mol. The number of carbonyl (C=O) groups is 1. The zero-order chi connectivity index (χ0) is 13.6. The first-order valence-electron chi connectivity index (χ1n) is 5.84. The highest BCUT2D eigenvalue weighted by molar-refractivity contribution is 9.10. The second-order valence-corrected chi connectivity index (χ2v) is 5.36. The molecular formula is C15H10BrNO2. The number of carbonyl (C=O) groups excluding carboxylic acids is 1. The van der Waals surface area contributed by atoms with Gasteiger partial charge >= 0.3 is 0 Å². The minimum absolute atomic E-state index is 0.191. The summed E-state index contributed by atoms with van der Waals surface area (Å²) in [6.07, 6.45) is 0. The van der Waals surface area contributed by atoms with Crippen molar-refractivity contribution in [1.82, 2.24) is 0 Å². The molecule has 1 aliphatic heterocycles. The van der Waals surface area contributed by atoms with Crippen LogP contribution in [0.2, 0.25) is 0 Å². The fourth-order valence-electron chi connectivity index (χ4n) is 2.30. The van der Waals surface area contributed by atoms with Crippen molar-refractivity contribution in [2.45, 2.75) is 6.92 Å². The SMILES string of the molecule is Cc1cccc2c1C(=O)C(c1ccc(Br)cc1)=[N+]2[O-]. The van der Waals surface area contributed by atoms with Gasteiger partial charge in [-0.2, -0.15) is 4.74 Å². The smallest absolute Gasteiger partial charge is 0.272 e. The number of ketones is 1. The zero-order valence-electron chi connectivity index (χ0n) is 10.2. The van der Waals surface area contributed by atoms with Crippen molar-refractivity contribution in [2.24, 2.45) is 0 Å². The van der Waals surface area contributed by atoms with Gasteiger partial charge in [0.15, 0.2) is 0 Å². The largest absolute Gasteiger partial charge is 0.618 e. The minimum atomic E-state index is -0.203. The molecule has 0 N–H and O–H groups in total. The fourth-order valence-corrected chi connectivity index (χ4v) is 2.57. The number of aryl methyl sites for hydroxylation is 1. The maximum Gasteiger partial charge on any atom is 0.272 e. The molecule has 0 amide bonds. The molecule has 0 aliphatic carbocycles. The van der Waals surface area contributed by atoms with Crippen LogP contribution < -0.4 is 0 Å². The lowest BCUT2D eigenvalue weighted by molar-refractivity contribution is -0.355. The molecule has 1 heterocycles. The summed E-state index contributed by atoms with van der Waals surface area (Å²) in [7, 11) is 0. The van der Waals surface area contributed by atoms with Crippen molar-refractivity contribution in [3.8, 4) is 0 Å². The van der Waals surface area contributed by atoms with Gasteiger partial charge in [0.05, 0.1) is 5.56 Å². The predicted molar refractivity (Wildman–Crippen MR) is 77.0 cm³/mol. The van der Waals surface area contributed by atoms with Crippen LogP contribution in [0.1, 0.15) is 21.5 Å². The van der Waals surface area contributed by atoms with Gasteiger partial charge in [-0.05, 0) is 36.8 Å². The maximum atomic E-state index is 12.4. The number of hydrogen-bond acceptors (Lipinski definition) is 2. The van der Waals surface area contributed by atoms with Gasteiger partial charge < -0.3 is 5.21 Å². The lowest BCUT2D eigenvalue weighted by Gasteiger charge is -2.02. The number of fused-ring (bicyclic) bond motifs is 1. The van der Waals surface area contributed by atoms with Gasteiger partial charge in [0.2, 0.25) is 5.69 Å². The summed E-state index contributed by atoms with van der Waals surface area (Å²) in [5.74, 6) is -0.203. The topological polar surface area (TPSA) is 43.1 Å². The summed E-state index contributed by atoms with van der Waals surface area (Å²) in [5, 5.41) is 12.3. The minimum Gasteiger partial charge on any atom is -0.618 e. The van der Waals surface area contributed by atoms with Gasteiger partial charge in [-0.15, -0.1) is 0 Å². The molecule has 1 aliphatic rings. The average molecular weight is 316 g/mol. The fraction of sp³-hybridized carbons (Fsp3) is 0.0667. The van der Waals surface area contributed by atoms with Crippen LogP contribution >= 0.6 is 15.9 Å². The highest BCUT2D eigenvalue weighted by Gasteiger charge is 2.37. The van der Waals surface area contributed by atoms with Gasteiger partial charge in [0.1, 0.15) is 5.56 Å². The van der Waals surface area contributed by atoms with Crippen molar-refractivity contribution in [2.75, 3.05) is 0 Å². The van der Waals surface area contributed by atoms with E-state index in [1.54, 1.807) is 24.3 Å². The van der Waals surface area contributed by atoms with Gasteiger partial charge in [0, 0.05) is 10.5 Å². The van der Waals surface area contributed by atoms with Crippen molar-refractivity contribution < 1.29 is 9.53 Å². The van der Waals surface area contributed by atoms with E-state index in [-0.39, 0.29) is 11.5 Å². The van der Waals surface area contributed by atoms with E-state index in [1.807, 2.05) is 25.1 Å². The molecule has 0 fully saturated rings. The molecule has 19 heavy (non-hydrogen) atoms. The van der Waals surface area contributed by atoms with Gasteiger partial charge in [-0.3, -0.25) is 4.79 Å². The highest BCUT2D eigenvalue weighted by Crippen LogP contribution is 2.30. The third-order valence-electron chi connectivity index (χ3n) is 3.23. The van der Waals surface area contributed by atoms with E-state index in [0.717, 1.165) is 14.8 Å². The Hall–Kier alpha value is -1.94. The van der Waals surface area contributed by atoms with E-state index >= 15 is 0 Å². The first-order valence-corrected chi connectivity index (χ1v) is 6.63. The number of rotatable bonds is 1. The van der Waals surface area contributed by atoms with Crippen molar-refractivity contribution in [1.29, 1.82) is 0 Å². The molecule has 3 rings (SSSR count). The lowest BCUT2D eigenvalue weighted by Crippen LogP contribution is -2.16. The summed E-state index contributed by atoms with van der Waals surface area (Å²) < 4.78 is 1.64. The number of hydrogen-bond donors (Lipinski definition) is 0. The Labute approximate surface area is 118 Å². The molecule has 3 nitrogen and oxygen atoms in total. The second-order valence-electron chi connectivity index (χ2n) is 4.45. The molecule has 0 saturated heterocycles. The van der Waals surface area contributed by atoms with Crippen LogP contribution in [0.4, 0.5) is 5.69 Å². The van der Waals surface area contributed by atoms with Crippen LogP contribution in [-0.4, -0.2) is 16.2 Å². The van der Waals surface area contributed by atoms with Crippen molar-refractivity contribution in [3.63, 3.8) is 0 Å². The van der Waals surface area contributed by atoms with E-state index < -0.39 is 0 Å². The molecule has 4 heteroatoms. The quantitative estimate of drug-likeness (QED) is 0.596. The Morgan fingerprint density at radius 1 is 1.11 bits per heavy atom. The average Bonchev–Trinajstić information content (AvgIpc) is 2.65. The second kappa shape index (κ2) is 4.31. The molecule has 0 spiro atoms. The Kier molecular flexibility index (Phi) is 2.75. The molecule has 0 aromatic heterocycles. The van der Waals surface area contributed by atoms with Crippen LogP contribution in [0.25, 0.3) is 0 Å². The van der Waals surface area contributed by atoms with E-state index in [0.29, 0.717) is 16.8 Å².